The summed E-state index contributed by atoms with van der Waals surface area (Å²) in [7, 11) is -3.36. The lowest BCUT2D eigenvalue weighted by Crippen LogP contribution is -2.62. The molecule has 1 unspecified atom stereocenters. The fourth-order valence-corrected chi connectivity index (χ4v) is 8.28. The number of likely N-dealkylation sites (tertiary alicyclic amines) is 1. The third-order valence-electron chi connectivity index (χ3n) is 9.71. The molecule has 3 rings (SSSR count). The molecule has 13 nitrogen and oxygen atoms in total. The molecule has 46 heavy (non-hydrogen) atoms. The molecule has 0 spiro atoms. The summed E-state index contributed by atoms with van der Waals surface area (Å²) in [5.74, 6) is -2.57. The average Bonchev–Trinajstić information content (AvgIpc) is 3.25. The predicted octanol–water partition coefficient (Wildman–Crippen LogP) is 1.40. The van der Waals surface area contributed by atoms with E-state index in [1.54, 1.807) is 0 Å². The number of hydrogen-bond acceptors (Lipinski definition) is 7. The van der Waals surface area contributed by atoms with E-state index < -0.39 is 69.1 Å². The van der Waals surface area contributed by atoms with E-state index in [2.05, 4.69) is 27.8 Å². The van der Waals surface area contributed by atoms with E-state index in [9.17, 15) is 32.4 Å². The Morgan fingerprint density at radius 2 is 1.72 bits per heavy atom. The quantitative estimate of drug-likeness (QED) is 0.160. The van der Waals surface area contributed by atoms with Crippen molar-refractivity contribution in [2.75, 3.05) is 31.9 Å². The highest BCUT2D eigenvalue weighted by molar-refractivity contribution is 7.89. The molecule has 1 aliphatic carbocycles. The summed E-state index contributed by atoms with van der Waals surface area (Å²) in [6.45, 7) is 19.7. The van der Waals surface area contributed by atoms with Crippen LogP contribution in [0.1, 0.15) is 74.7 Å². The van der Waals surface area contributed by atoms with Gasteiger partial charge in [0.1, 0.15) is 12.1 Å². The molecule has 3 aliphatic rings. The van der Waals surface area contributed by atoms with E-state index in [1.807, 2.05) is 55.4 Å². The maximum Gasteiger partial charge on any atom is 0.315 e. The van der Waals surface area contributed by atoms with E-state index in [0.29, 0.717) is 25.9 Å². The number of ketones is 1. The lowest BCUT2D eigenvalue weighted by atomic mass is 9.85. The molecule has 4 N–H and O–H groups in total. The Labute approximate surface area is 274 Å². The van der Waals surface area contributed by atoms with Crippen molar-refractivity contribution in [1.82, 2.24) is 30.5 Å². The minimum absolute atomic E-state index is 0.0607. The molecule has 1 saturated carbocycles. The first-order chi connectivity index (χ1) is 21.3. The number of carbonyl (C=O) groups excluding carboxylic acids is 5. The highest BCUT2D eigenvalue weighted by Crippen LogP contribution is 2.65. The number of nitrogens with one attached hydrogen (secondary N) is 4. The number of sulfonamides is 1. The molecule has 2 aliphatic heterocycles. The Hall–Kier alpha value is -3.00. The number of rotatable bonds is 14. The van der Waals surface area contributed by atoms with Crippen molar-refractivity contribution in [1.29, 1.82) is 0 Å². The van der Waals surface area contributed by atoms with E-state index in [4.69, 9.17) is 0 Å². The Kier molecular flexibility index (Phi) is 11.7. The van der Waals surface area contributed by atoms with Gasteiger partial charge in [-0.3, -0.25) is 19.2 Å². The summed E-state index contributed by atoms with van der Waals surface area (Å²) >= 11 is 0. The molecule has 5 amide bonds. The van der Waals surface area contributed by atoms with Crippen LogP contribution >= 0.6 is 0 Å². The van der Waals surface area contributed by atoms with Crippen LogP contribution in [0.25, 0.3) is 0 Å². The summed E-state index contributed by atoms with van der Waals surface area (Å²) in [5.41, 5.74) is -0.944. The number of fused-ring (bicyclic) bond motifs is 1. The third kappa shape index (κ3) is 8.28. The molecule has 260 valence electrons. The number of amides is 5. The molecule has 14 heteroatoms. The van der Waals surface area contributed by atoms with Crippen LogP contribution in [-0.4, -0.2) is 103 Å². The van der Waals surface area contributed by atoms with Gasteiger partial charge in [0.05, 0.1) is 11.8 Å². The van der Waals surface area contributed by atoms with Crippen LogP contribution in [0, 0.1) is 28.6 Å². The molecule has 0 aromatic heterocycles. The number of hydrogen-bond donors (Lipinski definition) is 4. The lowest BCUT2D eigenvalue weighted by Gasteiger charge is -2.38. The molecular formula is C32H54N6O7S. The third-order valence-corrected chi connectivity index (χ3v) is 11.6. The maximum absolute atomic E-state index is 14.3. The first kappa shape index (κ1) is 37.5. The zero-order valence-electron chi connectivity index (χ0n) is 28.6. The normalized spacial score (nSPS) is 25.2. The van der Waals surface area contributed by atoms with Crippen LogP contribution in [0.15, 0.2) is 12.7 Å². The van der Waals surface area contributed by atoms with Gasteiger partial charge >= 0.3 is 6.03 Å². The van der Waals surface area contributed by atoms with E-state index >= 15 is 0 Å². The van der Waals surface area contributed by atoms with Crippen molar-refractivity contribution < 1.29 is 32.4 Å². The van der Waals surface area contributed by atoms with E-state index in [-0.39, 0.29) is 48.4 Å². The minimum atomic E-state index is -3.36. The average molecular weight is 667 g/mol. The highest BCUT2D eigenvalue weighted by Gasteiger charge is 2.70. The second kappa shape index (κ2) is 14.4. The van der Waals surface area contributed by atoms with Gasteiger partial charge in [0.2, 0.25) is 27.6 Å². The number of urea groups is 1. The zero-order valence-corrected chi connectivity index (χ0v) is 29.5. The fraction of sp³-hybridized carbons (Fsp3) is 0.781. The molecule has 0 radical (unpaired) electrons. The second-order valence-electron chi connectivity index (χ2n) is 14.9. The Morgan fingerprint density at radius 3 is 2.24 bits per heavy atom. The van der Waals surface area contributed by atoms with Gasteiger partial charge in [-0.15, -0.1) is 6.58 Å². The molecule has 3 fully saturated rings. The van der Waals surface area contributed by atoms with Crippen LogP contribution in [0.2, 0.25) is 0 Å². The summed E-state index contributed by atoms with van der Waals surface area (Å²) in [6, 6.07) is -4.03. The number of nitrogens with zero attached hydrogens (tertiary/aromatic N) is 2. The van der Waals surface area contributed by atoms with Gasteiger partial charge in [-0.05, 0) is 41.4 Å². The zero-order chi connectivity index (χ0) is 34.8. The van der Waals surface area contributed by atoms with E-state index in [0.717, 1.165) is 0 Å². The first-order valence-electron chi connectivity index (χ1n) is 16.4. The van der Waals surface area contributed by atoms with Crippen LogP contribution in [0.5, 0.6) is 0 Å². The van der Waals surface area contributed by atoms with Crippen molar-refractivity contribution in [3.05, 3.63) is 12.7 Å². The Morgan fingerprint density at radius 1 is 1.07 bits per heavy atom. The van der Waals surface area contributed by atoms with Gasteiger partial charge in [0, 0.05) is 32.2 Å². The second-order valence-corrected chi connectivity index (χ2v) is 17.0. The van der Waals surface area contributed by atoms with E-state index in [1.165, 1.54) is 15.3 Å². The fourth-order valence-electron chi connectivity index (χ4n) is 6.73. The molecule has 0 aromatic rings. The lowest BCUT2D eigenvalue weighted by molar-refractivity contribution is -0.145. The molecule has 2 heterocycles. The highest BCUT2D eigenvalue weighted by atomic mass is 32.2. The predicted molar refractivity (Wildman–Crippen MR) is 175 cm³/mol. The smallest absolute Gasteiger partial charge is 0.315 e. The van der Waals surface area contributed by atoms with Gasteiger partial charge in [-0.25, -0.2) is 13.2 Å². The first-order valence-corrected chi connectivity index (χ1v) is 18.0. The van der Waals surface area contributed by atoms with Crippen molar-refractivity contribution in [3.63, 3.8) is 0 Å². The molecule has 2 saturated heterocycles. The Balaban J connectivity index is 1.80. The van der Waals surface area contributed by atoms with Crippen molar-refractivity contribution in [3.8, 4) is 0 Å². The number of Topliss-reactive ketones (excluding diaryl/α,β-unsaturated/α-hetero) is 1. The van der Waals surface area contributed by atoms with Gasteiger partial charge in [-0.1, -0.05) is 67.9 Å². The van der Waals surface area contributed by atoms with Crippen LogP contribution in [0.3, 0.4) is 0 Å². The molecule has 6 atom stereocenters. The summed E-state index contributed by atoms with van der Waals surface area (Å²) in [5, 5.41) is 11.0. The molecule has 0 bridgehead atoms. The van der Waals surface area contributed by atoms with Crippen LogP contribution in [0.4, 0.5) is 4.79 Å². The molecule has 0 aromatic carbocycles. The van der Waals surface area contributed by atoms with Gasteiger partial charge in [-0.2, -0.15) is 4.31 Å². The van der Waals surface area contributed by atoms with Gasteiger partial charge in [0.25, 0.3) is 5.91 Å². The van der Waals surface area contributed by atoms with Crippen molar-refractivity contribution in [2.45, 2.75) is 98.8 Å². The standard InChI is InChI=1S/C32H54N6O7S/c1-10-13-21(25(39)28(41)33-14-11-2)34-27(40)24-23-20(32(23,8)9)17-38(24)29(42)26(31(5,6)7)36-30(43)35-22(19(3)4)18-37-15-12-16-46(37,44)45/h11,19-24,26H,2,10,12-18H2,1,3-9H3,(H,33,41)(H,34,40)(H2,35,36,43)/t20-,21?,22+,23-,24-,26+/m0/s1. The SMILES string of the molecule is C=CCNC(=O)C(=O)C(CCC)NC(=O)[C@@H]1[C@@H]2[C@H](CN1C(=O)[C@@H](NC(=O)N[C@H](CN1CCCS1(=O)=O)C(C)C)C(C)(C)C)C2(C)C. The number of carbonyl (C=O) groups is 5. The van der Waals surface area contributed by atoms with Crippen molar-refractivity contribution in [2.24, 2.45) is 28.6 Å². The minimum Gasteiger partial charge on any atom is -0.346 e. The largest absolute Gasteiger partial charge is 0.346 e. The van der Waals surface area contributed by atoms with Crippen LogP contribution in [-0.2, 0) is 29.2 Å². The van der Waals surface area contributed by atoms with Crippen molar-refractivity contribution >= 4 is 39.6 Å². The number of piperidine rings is 1. The summed E-state index contributed by atoms with van der Waals surface area (Å²) in [4.78, 5) is 68.4. The topological polar surface area (TPSA) is 174 Å². The summed E-state index contributed by atoms with van der Waals surface area (Å²) in [6.07, 6.45) is 2.80. The monoisotopic (exact) mass is 666 g/mol. The van der Waals surface area contributed by atoms with Gasteiger partial charge in [0.15, 0.2) is 0 Å². The summed E-state index contributed by atoms with van der Waals surface area (Å²) < 4.78 is 26.2. The maximum atomic E-state index is 14.3. The van der Waals surface area contributed by atoms with Gasteiger partial charge < -0.3 is 26.2 Å². The Bertz CT molecular complexity index is 1310. The molecular weight excluding hydrogens is 612 g/mol. The van der Waals surface area contributed by atoms with Crippen LogP contribution < -0.4 is 21.3 Å².